The standard InChI is InChI=1S/C23H34O5/c1-13(25)28-20(12-24)18-7-6-17-16-5-4-14-10-15(26)8-9-22(14,2)21(16)19(27)11-23(17,18)3/h10,16-21,24,27H,4-9,11-12H2,1-3H3/t16-,17-,18+,19-,20+,21+,22-,23-/m0/s1. The molecule has 0 aromatic carbocycles. The minimum atomic E-state index is -0.488. The summed E-state index contributed by atoms with van der Waals surface area (Å²) in [6.07, 6.45) is 6.99. The van der Waals surface area contributed by atoms with Crippen molar-refractivity contribution in [3.05, 3.63) is 11.6 Å². The van der Waals surface area contributed by atoms with Crippen LogP contribution in [0.1, 0.15) is 65.7 Å². The van der Waals surface area contributed by atoms with Crippen molar-refractivity contribution in [3.63, 3.8) is 0 Å². The molecular weight excluding hydrogens is 356 g/mol. The third-order valence-electron chi connectivity index (χ3n) is 8.91. The second kappa shape index (κ2) is 6.94. The third-order valence-corrected chi connectivity index (χ3v) is 8.91. The van der Waals surface area contributed by atoms with E-state index in [1.165, 1.54) is 12.5 Å². The maximum atomic E-state index is 12.0. The molecular formula is C23H34O5. The number of aliphatic hydroxyl groups excluding tert-OH is 2. The van der Waals surface area contributed by atoms with E-state index in [0.717, 1.165) is 32.1 Å². The van der Waals surface area contributed by atoms with Crippen LogP contribution in [0.3, 0.4) is 0 Å². The van der Waals surface area contributed by atoms with Gasteiger partial charge in [-0.25, -0.2) is 0 Å². The van der Waals surface area contributed by atoms with E-state index in [2.05, 4.69) is 13.8 Å². The Balaban J connectivity index is 1.65. The Kier molecular flexibility index (Phi) is 4.98. The Labute approximate surface area is 167 Å². The summed E-state index contributed by atoms with van der Waals surface area (Å²) in [6, 6.07) is 0. The summed E-state index contributed by atoms with van der Waals surface area (Å²) in [4.78, 5) is 23.5. The number of hydrogen-bond donors (Lipinski definition) is 2. The topological polar surface area (TPSA) is 83.8 Å². The molecule has 3 saturated carbocycles. The van der Waals surface area contributed by atoms with Crippen LogP contribution in [0.25, 0.3) is 0 Å². The van der Waals surface area contributed by atoms with E-state index in [4.69, 9.17) is 4.74 Å². The SMILES string of the molecule is CC(=O)O[C@H](CO)[C@H]1CC[C@H]2[C@@H]3CCC4=CC(=O)CC[C@]4(C)[C@H]3[C@@H](O)C[C@]12C. The van der Waals surface area contributed by atoms with E-state index in [1.807, 2.05) is 6.08 Å². The number of esters is 1. The highest BCUT2D eigenvalue weighted by Crippen LogP contribution is 2.67. The number of ketones is 1. The van der Waals surface area contributed by atoms with Crippen LogP contribution in [-0.4, -0.2) is 40.8 Å². The van der Waals surface area contributed by atoms with Crippen LogP contribution >= 0.6 is 0 Å². The first kappa shape index (κ1) is 20.1. The lowest BCUT2D eigenvalue weighted by molar-refractivity contribution is -0.165. The highest BCUT2D eigenvalue weighted by molar-refractivity contribution is 5.91. The van der Waals surface area contributed by atoms with Crippen LogP contribution in [0.15, 0.2) is 11.6 Å². The van der Waals surface area contributed by atoms with Gasteiger partial charge in [0.25, 0.3) is 0 Å². The fraction of sp³-hybridized carbons (Fsp3) is 0.826. The summed E-state index contributed by atoms with van der Waals surface area (Å²) in [7, 11) is 0. The molecule has 0 aromatic heterocycles. The van der Waals surface area contributed by atoms with Crippen molar-refractivity contribution in [1.82, 2.24) is 0 Å². The smallest absolute Gasteiger partial charge is 0.302 e. The van der Waals surface area contributed by atoms with Crippen molar-refractivity contribution >= 4 is 11.8 Å². The van der Waals surface area contributed by atoms with Gasteiger partial charge in [0.15, 0.2) is 5.78 Å². The van der Waals surface area contributed by atoms with E-state index in [1.54, 1.807) is 0 Å². The van der Waals surface area contributed by atoms with Gasteiger partial charge in [-0.15, -0.1) is 0 Å². The third kappa shape index (κ3) is 2.88. The Hall–Kier alpha value is -1.20. The molecule has 0 radical (unpaired) electrons. The van der Waals surface area contributed by atoms with E-state index in [9.17, 15) is 19.8 Å². The molecule has 5 nitrogen and oxygen atoms in total. The molecule has 0 unspecified atom stereocenters. The lowest BCUT2D eigenvalue weighted by atomic mass is 9.46. The zero-order valence-corrected chi connectivity index (χ0v) is 17.3. The molecule has 0 aliphatic heterocycles. The summed E-state index contributed by atoms with van der Waals surface area (Å²) in [5, 5.41) is 21.2. The van der Waals surface area contributed by atoms with Crippen LogP contribution in [0.5, 0.6) is 0 Å². The van der Waals surface area contributed by atoms with Gasteiger partial charge >= 0.3 is 5.97 Å². The molecule has 2 N–H and O–H groups in total. The number of carbonyl (C=O) groups excluding carboxylic acids is 2. The van der Waals surface area contributed by atoms with Crippen LogP contribution < -0.4 is 0 Å². The van der Waals surface area contributed by atoms with Gasteiger partial charge in [0.1, 0.15) is 6.10 Å². The number of aliphatic hydroxyl groups is 2. The monoisotopic (exact) mass is 390 g/mol. The molecule has 28 heavy (non-hydrogen) atoms. The Bertz CT molecular complexity index is 699. The van der Waals surface area contributed by atoms with Gasteiger partial charge in [0.2, 0.25) is 0 Å². The largest absolute Gasteiger partial charge is 0.460 e. The minimum absolute atomic E-state index is 0.0814. The molecule has 4 aliphatic carbocycles. The fourth-order valence-corrected chi connectivity index (χ4v) is 7.80. The first-order valence-electron chi connectivity index (χ1n) is 10.9. The molecule has 0 bridgehead atoms. The van der Waals surface area contributed by atoms with Crippen LogP contribution in [0, 0.1) is 34.5 Å². The quantitative estimate of drug-likeness (QED) is 0.724. The molecule has 4 aliphatic rings. The lowest BCUT2D eigenvalue weighted by Crippen LogP contribution is -2.57. The van der Waals surface area contributed by atoms with Gasteiger partial charge in [0, 0.05) is 19.3 Å². The number of hydrogen-bond acceptors (Lipinski definition) is 5. The Morgan fingerprint density at radius 3 is 2.71 bits per heavy atom. The first-order valence-corrected chi connectivity index (χ1v) is 10.9. The van der Waals surface area contributed by atoms with Gasteiger partial charge in [-0.3, -0.25) is 9.59 Å². The van der Waals surface area contributed by atoms with Crippen molar-refractivity contribution in [3.8, 4) is 0 Å². The molecule has 3 fully saturated rings. The van der Waals surface area contributed by atoms with Crippen molar-refractivity contribution in [2.24, 2.45) is 34.5 Å². The zero-order valence-electron chi connectivity index (χ0n) is 17.3. The van der Waals surface area contributed by atoms with E-state index < -0.39 is 12.2 Å². The summed E-state index contributed by atoms with van der Waals surface area (Å²) in [6.45, 7) is 5.72. The Morgan fingerprint density at radius 2 is 2.04 bits per heavy atom. The van der Waals surface area contributed by atoms with Gasteiger partial charge in [-0.1, -0.05) is 19.4 Å². The van der Waals surface area contributed by atoms with Gasteiger partial charge in [0.05, 0.1) is 12.7 Å². The molecule has 0 aromatic rings. The fourth-order valence-electron chi connectivity index (χ4n) is 7.80. The second-order valence-corrected chi connectivity index (χ2v) is 10.2. The summed E-state index contributed by atoms with van der Waals surface area (Å²) in [5.41, 5.74) is 1.03. The van der Waals surface area contributed by atoms with Crippen molar-refractivity contribution < 1.29 is 24.5 Å². The van der Waals surface area contributed by atoms with E-state index >= 15 is 0 Å². The average molecular weight is 391 g/mol. The number of allylic oxidation sites excluding steroid dienone is 1. The number of carbonyl (C=O) groups is 2. The van der Waals surface area contributed by atoms with Gasteiger partial charge in [-0.05, 0) is 73.2 Å². The van der Waals surface area contributed by atoms with E-state index in [0.29, 0.717) is 24.7 Å². The van der Waals surface area contributed by atoms with E-state index in [-0.39, 0.29) is 41.0 Å². The number of ether oxygens (including phenoxy) is 1. The Morgan fingerprint density at radius 1 is 1.29 bits per heavy atom. The normalized spacial score (nSPS) is 46.1. The second-order valence-electron chi connectivity index (χ2n) is 10.2. The van der Waals surface area contributed by atoms with Crippen molar-refractivity contribution in [1.29, 1.82) is 0 Å². The summed E-state index contributed by atoms with van der Waals surface area (Å²) >= 11 is 0. The van der Waals surface area contributed by atoms with Crippen molar-refractivity contribution in [2.75, 3.05) is 6.61 Å². The molecule has 8 atom stereocenters. The highest BCUT2D eigenvalue weighted by Gasteiger charge is 2.63. The lowest BCUT2D eigenvalue weighted by Gasteiger charge is -2.60. The molecule has 4 rings (SSSR count). The zero-order chi connectivity index (χ0) is 20.3. The highest BCUT2D eigenvalue weighted by atomic mass is 16.5. The average Bonchev–Trinajstić information content (AvgIpc) is 2.96. The summed E-state index contributed by atoms with van der Waals surface area (Å²) in [5.74, 6) is 1.04. The molecule has 0 saturated heterocycles. The van der Waals surface area contributed by atoms with Gasteiger partial charge in [-0.2, -0.15) is 0 Å². The molecule has 0 spiro atoms. The molecule has 5 heteroatoms. The first-order chi connectivity index (χ1) is 13.2. The van der Waals surface area contributed by atoms with Crippen LogP contribution in [-0.2, 0) is 14.3 Å². The van der Waals surface area contributed by atoms with Crippen molar-refractivity contribution in [2.45, 2.75) is 77.9 Å². The van der Waals surface area contributed by atoms with Crippen LogP contribution in [0.4, 0.5) is 0 Å². The maximum Gasteiger partial charge on any atom is 0.302 e. The number of fused-ring (bicyclic) bond motifs is 5. The molecule has 0 amide bonds. The van der Waals surface area contributed by atoms with Gasteiger partial charge < -0.3 is 14.9 Å². The molecule has 156 valence electrons. The maximum absolute atomic E-state index is 12.0. The number of rotatable bonds is 3. The predicted octanol–water partition coefficient (Wildman–Crippen LogP) is 3.03. The minimum Gasteiger partial charge on any atom is -0.460 e. The summed E-state index contributed by atoms with van der Waals surface area (Å²) < 4.78 is 5.47. The molecule has 0 heterocycles. The predicted molar refractivity (Wildman–Crippen MR) is 104 cm³/mol. The van der Waals surface area contributed by atoms with Crippen LogP contribution in [0.2, 0.25) is 0 Å².